The highest BCUT2D eigenvalue weighted by Crippen LogP contribution is 2.31. The second-order valence-electron chi connectivity index (χ2n) is 6.53. The number of aliphatic carboxylic acids is 1. The van der Waals surface area contributed by atoms with Gasteiger partial charge in [0, 0.05) is 24.2 Å². The summed E-state index contributed by atoms with van der Waals surface area (Å²) in [7, 11) is 0. The maximum atomic E-state index is 12.9. The molecule has 1 unspecified atom stereocenters. The van der Waals surface area contributed by atoms with Gasteiger partial charge in [-0.3, -0.25) is 14.6 Å². The van der Waals surface area contributed by atoms with Crippen molar-refractivity contribution in [3.8, 4) is 0 Å². The summed E-state index contributed by atoms with van der Waals surface area (Å²) in [5, 5.41) is 10.3. The summed E-state index contributed by atoms with van der Waals surface area (Å²) < 4.78 is 0. The number of nitrogens with zero attached hydrogens (tertiary/aromatic N) is 2. The van der Waals surface area contributed by atoms with E-state index in [2.05, 4.69) is 4.98 Å². The van der Waals surface area contributed by atoms with Gasteiger partial charge in [-0.25, -0.2) is 0 Å². The zero-order chi connectivity index (χ0) is 16.6. The van der Waals surface area contributed by atoms with E-state index in [-0.39, 0.29) is 12.5 Å². The number of benzene rings is 1. The monoisotopic (exact) mass is 312 g/mol. The minimum atomic E-state index is -0.873. The third kappa shape index (κ3) is 2.79. The lowest BCUT2D eigenvalue weighted by atomic mass is 9.82. The van der Waals surface area contributed by atoms with Crippen molar-refractivity contribution in [1.82, 2.24) is 9.88 Å². The predicted molar refractivity (Wildman–Crippen MR) is 87.4 cm³/mol. The number of rotatable bonds is 2. The molecule has 1 N–H and O–H groups in total. The van der Waals surface area contributed by atoms with Gasteiger partial charge in [0.25, 0.3) is 5.91 Å². The molecule has 2 aromatic rings. The Morgan fingerprint density at radius 2 is 2.04 bits per heavy atom. The first-order valence-corrected chi connectivity index (χ1v) is 7.80. The Labute approximate surface area is 134 Å². The molecule has 0 saturated carbocycles. The molecule has 0 radical (unpaired) electrons. The quantitative estimate of drug-likeness (QED) is 0.925. The van der Waals surface area contributed by atoms with Crippen molar-refractivity contribution in [3.63, 3.8) is 0 Å². The number of para-hydroxylation sites is 1. The minimum Gasteiger partial charge on any atom is -0.481 e. The standard InChI is InChI=1S/C18H20N2O3/c1-12-7-8-13-5-3-6-14(15(13)19-12)16(21)20-10-4-9-18(2,11-20)17(22)23/h3,5-8H,4,9-11H2,1-2H3,(H,22,23). The number of carboxylic acid groups (broad SMARTS) is 1. The first kappa shape index (κ1) is 15.5. The molecule has 1 fully saturated rings. The van der Waals surface area contributed by atoms with Crippen molar-refractivity contribution in [3.05, 3.63) is 41.6 Å². The average molecular weight is 312 g/mol. The van der Waals surface area contributed by atoms with Gasteiger partial charge >= 0.3 is 5.97 Å². The fraction of sp³-hybridized carbons (Fsp3) is 0.389. The fourth-order valence-electron chi connectivity index (χ4n) is 3.17. The summed E-state index contributed by atoms with van der Waals surface area (Å²) in [6.07, 6.45) is 1.30. The Morgan fingerprint density at radius 1 is 1.26 bits per heavy atom. The van der Waals surface area contributed by atoms with Crippen molar-refractivity contribution in [1.29, 1.82) is 0 Å². The Hall–Kier alpha value is -2.43. The van der Waals surface area contributed by atoms with E-state index in [1.807, 2.05) is 31.2 Å². The number of aromatic nitrogens is 1. The number of amides is 1. The number of hydrogen-bond acceptors (Lipinski definition) is 3. The van der Waals surface area contributed by atoms with Gasteiger partial charge in [0.1, 0.15) is 0 Å². The van der Waals surface area contributed by atoms with Crippen LogP contribution in [0.3, 0.4) is 0 Å². The lowest BCUT2D eigenvalue weighted by Gasteiger charge is -2.37. The number of piperidine rings is 1. The Morgan fingerprint density at radius 3 is 2.78 bits per heavy atom. The van der Waals surface area contributed by atoms with Crippen LogP contribution in [0.15, 0.2) is 30.3 Å². The number of hydrogen-bond donors (Lipinski definition) is 1. The average Bonchev–Trinajstić information content (AvgIpc) is 2.53. The number of pyridine rings is 1. The van der Waals surface area contributed by atoms with Crippen LogP contribution in [-0.4, -0.2) is 40.0 Å². The van der Waals surface area contributed by atoms with Crippen molar-refractivity contribution in [2.75, 3.05) is 13.1 Å². The third-order valence-corrected chi connectivity index (χ3v) is 4.59. The van der Waals surface area contributed by atoms with Gasteiger partial charge in [-0.15, -0.1) is 0 Å². The van der Waals surface area contributed by atoms with Crippen LogP contribution in [0.2, 0.25) is 0 Å². The molecule has 1 amide bonds. The van der Waals surface area contributed by atoms with Crippen LogP contribution < -0.4 is 0 Å². The third-order valence-electron chi connectivity index (χ3n) is 4.59. The Balaban J connectivity index is 1.97. The Kier molecular flexibility index (Phi) is 3.80. The number of likely N-dealkylation sites (tertiary alicyclic amines) is 1. The zero-order valence-corrected chi connectivity index (χ0v) is 13.4. The molecule has 0 spiro atoms. The normalized spacial score (nSPS) is 21.4. The van der Waals surface area contributed by atoms with E-state index in [1.54, 1.807) is 17.9 Å². The zero-order valence-electron chi connectivity index (χ0n) is 13.4. The molecule has 1 aliphatic rings. The van der Waals surface area contributed by atoms with Gasteiger partial charge in [0.15, 0.2) is 0 Å². The molecule has 0 aliphatic carbocycles. The first-order valence-electron chi connectivity index (χ1n) is 7.80. The van der Waals surface area contributed by atoms with E-state index in [4.69, 9.17) is 0 Å². The van der Waals surface area contributed by atoms with Crippen LogP contribution in [0.4, 0.5) is 0 Å². The molecule has 5 heteroatoms. The van der Waals surface area contributed by atoms with E-state index < -0.39 is 11.4 Å². The molecule has 1 atom stereocenters. The second-order valence-corrected chi connectivity index (χ2v) is 6.53. The summed E-state index contributed by atoms with van der Waals surface area (Å²) >= 11 is 0. The minimum absolute atomic E-state index is 0.138. The summed E-state index contributed by atoms with van der Waals surface area (Å²) in [4.78, 5) is 30.6. The number of aryl methyl sites for hydroxylation is 1. The molecule has 5 nitrogen and oxygen atoms in total. The van der Waals surface area contributed by atoms with Gasteiger partial charge in [0.2, 0.25) is 0 Å². The van der Waals surface area contributed by atoms with Gasteiger partial charge < -0.3 is 10.0 Å². The van der Waals surface area contributed by atoms with E-state index in [9.17, 15) is 14.7 Å². The summed E-state index contributed by atoms with van der Waals surface area (Å²) in [6, 6.07) is 9.40. The molecule has 120 valence electrons. The SMILES string of the molecule is Cc1ccc2cccc(C(=O)N3CCCC(C)(C(=O)O)C3)c2n1. The molecule has 3 rings (SSSR count). The van der Waals surface area contributed by atoms with Crippen molar-refractivity contribution < 1.29 is 14.7 Å². The van der Waals surface area contributed by atoms with E-state index in [1.165, 1.54) is 0 Å². The molecular formula is C18H20N2O3. The van der Waals surface area contributed by atoms with E-state index >= 15 is 0 Å². The van der Waals surface area contributed by atoms with Gasteiger partial charge in [-0.2, -0.15) is 0 Å². The first-order chi connectivity index (χ1) is 10.9. The van der Waals surface area contributed by atoms with Crippen LogP contribution in [-0.2, 0) is 4.79 Å². The van der Waals surface area contributed by atoms with Crippen LogP contribution in [0.5, 0.6) is 0 Å². The smallest absolute Gasteiger partial charge is 0.311 e. The molecule has 1 aromatic carbocycles. The van der Waals surface area contributed by atoms with Crippen molar-refractivity contribution in [2.45, 2.75) is 26.7 Å². The molecule has 1 aliphatic heterocycles. The maximum Gasteiger partial charge on any atom is 0.311 e. The van der Waals surface area contributed by atoms with Gasteiger partial charge in [-0.05, 0) is 38.8 Å². The fourth-order valence-corrected chi connectivity index (χ4v) is 3.17. The van der Waals surface area contributed by atoms with E-state index in [0.717, 1.165) is 11.1 Å². The second kappa shape index (κ2) is 5.65. The number of carbonyl (C=O) groups excluding carboxylic acids is 1. The molecule has 2 heterocycles. The maximum absolute atomic E-state index is 12.9. The highest BCUT2D eigenvalue weighted by molar-refractivity contribution is 6.05. The van der Waals surface area contributed by atoms with Crippen LogP contribution >= 0.6 is 0 Å². The van der Waals surface area contributed by atoms with Crippen molar-refractivity contribution >= 4 is 22.8 Å². The number of fused-ring (bicyclic) bond motifs is 1. The highest BCUT2D eigenvalue weighted by atomic mass is 16.4. The summed E-state index contributed by atoms with van der Waals surface area (Å²) in [5.41, 5.74) is 1.20. The van der Waals surface area contributed by atoms with Crippen molar-refractivity contribution in [2.24, 2.45) is 5.41 Å². The van der Waals surface area contributed by atoms with Crippen LogP contribution in [0, 0.1) is 12.3 Å². The molecule has 1 saturated heterocycles. The van der Waals surface area contributed by atoms with Gasteiger partial charge in [0.05, 0.1) is 16.5 Å². The lowest BCUT2D eigenvalue weighted by Crippen LogP contribution is -2.48. The summed E-state index contributed by atoms with van der Waals surface area (Å²) in [5.74, 6) is -0.984. The molecule has 1 aromatic heterocycles. The van der Waals surface area contributed by atoms with Crippen LogP contribution in [0.25, 0.3) is 10.9 Å². The lowest BCUT2D eigenvalue weighted by molar-refractivity contribution is -0.150. The number of carbonyl (C=O) groups is 2. The highest BCUT2D eigenvalue weighted by Gasteiger charge is 2.39. The molecule has 23 heavy (non-hydrogen) atoms. The number of carboxylic acids is 1. The molecular weight excluding hydrogens is 292 g/mol. The molecule has 0 bridgehead atoms. The largest absolute Gasteiger partial charge is 0.481 e. The summed E-state index contributed by atoms with van der Waals surface area (Å²) in [6.45, 7) is 4.43. The topological polar surface area (TPSA) is 70.5 Å². The van der Waals surface area contributed by atoms with Crippen LogP contribution in [0.1, 0.15) is 35.8 Å². The Bertz CT molecular complexity index is 787. The van der Waals surface area contributed by atoms with Gasteiger partial charge in [-0.1, -0.05) is 18.2 Å². The predicted octanol–water partition coefficient (Wildman–Crippen LogP) is 2.87. The van der Waals surface area contributed by atoms with E-state index in [0.29, 0.717) is 30.5 Å².